The summed E-state index contributed by atoms with van der Waals surface area (Å²) in [5.74, 6) is 1.57. The third kappa shape index (κ3) is 2.60. The molecule has 3 aromatic rings. The largest absolute Gasteiger partial charge is 0.296 e. The van der Waals surface area contributed by atoms with Gasteiger partial charge in [-0.2, -0.15) is 0 Å². The maximum Gasteiger partial charge on any atom is 0.115 e. The lowest BCUT2D eigenvalue weighted by Gasteiger charge is -2.13. The first-order valence-electron chi connectivity index (χ1n) is 6.91. The van der Waals surface area contributed by atoms with Crippen LogP contribution in [-0.2, 0) is 6.42 Å². The van der Waals surface area contributed by atoms with Gasteiger partial charge >= 0.3 is 0 Å². The molecule has 21 heavy (non-hydrogen) atoms. The third-order valence-corrected chi connectivity index (χ3v) is 4.50. The molecule has 0 bridgehead atoms. The predicted octanol–water partition coefficient (Wildman–Crippen LogP) is 5.19. The van der Waals surface area contributed by atoms with Crippen LogP contribution in [-0.4, -0.2) is 15.4 Å². The van der Waals surface area contributed by atoms with Crippen LogP contribution in [0.4, 0.5) is 0 Å². The van der Waals surface area contributed by atoms with Crippen LogP contribution in [0.2, 0.25) is 0 Å². The summed E-state index contributed by atoms with van der Waals surface area (Å²) in [6.45, 7) is 4.29. The molecule has 0 atom stereocenters. The van der Waals surface area contributed by atoms with Gasteiger partial charge < -0.3 is 0 Å². The van der Waals surface area contributed by atoms with Gasteiger partial charge in [0.05, 0.1) is 16.7 Å². The van der Waals surface area contributed by atoms with E-state index in [0.717, 1.165) is 27.8 Å². The lowest BCUT2D eigenvalue weighted by Crippen LogP contribution is -2.04. The minimum atomic E-state index is 0.565. The summed E-state index contributed by atoms with van der Waals surface area (Å²) in [7, 11) is 0. The molecule has 0 radical (unpaired) electrons. The average molecular weight is 364 g/mol. The van der Waals surface area contributed by atoms with Crippen LogP contribution in [0.3, 0.4) is 0 Å². The maximum absolute atomic E-state index is 5.96. The first kappa shape index (κ1) is 14.6. The summed E-state index contributed by atoms with van der Waals surface area (Å²) in [5, 5.41) is 0. The molecule has 4 heteroatoms. The molecule has 0 saturated heterocycles. The van der Waals surface area contributed by atoms with E-state index in [1.165, 1.54) is 16.8 Å². The van der Waals surface area contributed by atoms with Gasteiger partial charge in [0.2, 0.25) is 0 Å². The van der Waals surface area contributed by atoms with E-state index in [-0.39, 0.29) is 0 Å². The number of hydrogen-bond acceptors (Lipinski definition) is 1. The molecule has 1 aromatic heterocycles. The molecule has 3 rings (SSSR count). The average Bonchev–Trinajstić information content (AvgIpc) is 2.80. The number of alkyl halides is 1. The number of aryl methyl sites for hydroxylation is 2. The Kier molecular flexibility index (Phi) is 4.05. The van der Waals surface area contributed by atoms with Crippen LogP contribution >= 0.6 is 27.5 Å². The Bertz CT molecular complexity index is 808. The van der Waals surface area contributed by atoms with E-state index in [1.54, 1.807) is 0 Å². The van der Waals surface area contributed by atoms with Crippen LogP contribution in [0.5, 0.6) is 0 Å². The molecule has 0 fully saturated rings. The molecular weight excluding hydrogens is 348 g/mol. The van der Waals surface area contributed by atoms with E-state index in [2.05, 4.69) is 58.6 Å². The van der Waals surface area contributed by atoms with Crippen molar-refractivity contribution in [2.24, 2.45) is 0 Å². The molecule has 0 aliphatic carbocycles. The normalized spacial score (nSPS) is 11.2. The second kappa shape index (κ2) is 5.82. The highest BCUT2D eigenvalue weighted by Crippen LogP contribution is 2.27. The van der Waals surface area contributed by atoms with Gasteiger partial charge in [-0.25, -0.2) is 4.98 Å². The molecule has 2 nitrogen and oxygen atoms in total. The van der Waals surface area contributed by atoms with Crippen molar-refractivity contribution in [3.63, 3.8) is 0 Å². The Morgan fingerprint density at radius 3 is 2.76 bits per heavy atom. The summed E-state index contributed by atoms with van der Waals surface area (Å²) < 4.78 is 3.28. The third-order valence-electron chi connectivity index (χ3n) is 3.82. The van der Waals surface area contributed by atoms with Gasteiger partial charge in [0, 0.05) is 16.8 Å². The first-order valence-corrected chi connectivity index (χ1v) is 8.24. The zero-order valence-electron chi connectivity index (χ0n) is 12.0. The number of rotatable bonds is 3. The van der Waals surface area contributed by atoms with Crippen LogP contribution < -0.4 is 0 Å². The first-order chi connectivity index (χ1) is 10.1. The Balaban J connectivity index is 2.35. The van der Waals surface area contributed by atoms with Gasteiger partial charge in [-0.1, -0.05) is 28.1 Å². The summed E-state index contributed by atoms with van der Waals surface area (Å²) in [4.78, 5) is 4.75. The van der Waals surface area contributed by atoms with Crippen molar-refractivity contribution in [3.8, 4) is 5.69 Å². The zero-order chi connectivity index (χ0) is 15.0. The molecule has 0 amide bonds. The molecule has 1 heterocycles. The van der Waals surface area contributed by atoms with E-state index in [4.69, 9.17) is 16.6 Å². The van der Waals surface area contributed by atoms with Crippen molar-refractivity contribution in [2.75, 3.05) is 5.88 Å². The fourth-order valence-corrected chi connectivity index (χ4v) is 3.12. The molecule has 108 valence electrons. The Morgan fingerprint density at radius 2 is 2.00 bits per heavy atom. The highest BCUT2D eigenvalue weighted by Gasteiger charge is 2.14. The van der Waals surface area contributed by atoms with Crippen molar-refractivity contribution < 1.29 is 0 Å². The molecular formula is C17H16BrClN2. The van der Waals surface area contributed by atoms with Crippen LogP contribution in [0.15, 0.2) is 40.9 Å². The van der Waals surface area contributed by atoms with Gasteiger partial charge in [-0.05, 0) is 49.2 Å². The summed E-state index contributed by atoms with van der Waals surface area (Å²) in [6, 6.07) is 12.5. The van der Waals surface area contributed by atoms with Gasteiger partial charge in [0.1, 0.15) is 5.82 Å². The SMILES string of the molecule is Cc1cccc(-n2c(CCCl)nc3ccc(Br)cc32)c1C. The molecule has 0 N–H and O–H groups in total. The predicted molar refractivity (Wildman–Crippen MR) is 92.7 cm³/mol. The minimum absolute atomic E-state index is 0.565. The standard InChI is InChI=1S/C17H16BrClN2/c1-11-4-3-5-15(12(11)2)21-16-10-13(18)6-7-14(16)20-17(21)8-9-19/h3-7,10H,8-9H2,1-2H3. The Hall–Kier alpha value is -1.32. The summed E-state index contributed by atoms with van der Waals surface area (Å²) >= 11 is 9.52. The van der Waals surface area contributed by atoms with Gasteiger partial charge in [-0.3, -0.25) is 4.57 Å². The minimum Gasteiger partial charge on any atom is -0.296 e. The van der Waals surface area contributed by atoms with Gasteiger partial charge in [0.25, 0.3) is 0 Å². The number of fused-ring (bicyclic) bond motifs is 1. The fourth-order valence-electron chi connectivity index (χ4n) is 2.60. The van der Waals surface area contributed by atoms with Crippen molar-refractivity contribution in [3.05, 3.63) is 57.8 Å². The van der Waals surface area contributed by atoms with Crippen molar-refractivity contribution in [1.82, 2.24) is 9.55 Å². The van der Waals surface area contributed by atoms with Crippen LogP contribution in [0.1, 0.15) is 17.0 Å². The second-order valence-electron chi connectivity index (χ2n) is 5.15. The number of imidazole rings is 1. The Labute approximate surface area is 137 Å². The molecule has 2 aromatic carbocycles. The molecule has 0 spiro atoms. The van der Waals surface area contributed by atoms with E-state index >= 15 is 0 Å². The highest BCUT2D eigenvalue weighted by molar-refractivity contribution is 9.10. The zero-order valence-corrected chi connectivity index (χ0v) is 14.4. The quantitative estimate of drug-likeness (QED) is 0.586. The molecule has 0 aliphatic rings. The maximum atomic E-state index is 5.96. The van der Waals surface area contributed by atoms with Crippen LogP contribution in [0, 0.1) is 13.8 Å². The monoisotopic (exact) mass is 362 g/mol. The number of hydrogen-bond donors (Lipinski definition) is 0. The number of benzene rings is 2. The van der Waals surface area contributed by atoms with E-state index < -0.39 is 0 Å². The Morgan fingerprint density at radius 1 is 1.19 bits per heavy atom. The van der Waals surface area contributed by atoms with Gasteiger partial charge in [0.15, 0.2) is 0 Å². The summed E-state index contributed by atoms with van der Waals surface area (Å²) in [6.07, 6.45) is 0.751. The lowest BCUT2D eigenvalue weighted by molar-refractivity contribution is 0.905. The van der Waals surface area contributed by atoms with E-state index in [9.17, 15) is 0 Å². The smallest absolute Gasteiger partial charge is 0.115 e. The lowest BCUT2D eigenvalue weighted by atomic mass is 10.1. The van der Waals surface area contributed by atoms with E-state index in [1.807, 2.05) is 12.1 Å². The molecule has 0 saturated carbocycles. The fraction of sp³-hybridized carbons (Fsp3) is 0.235. The molecule has 0 aliphatic heterocycles. The van der Waals surface area contributed by atoms with Crippen molar-refractivity contribution in [1.29, 1.82) is 0 Å². The molecule has 0 unspecified atom stereocenters. The summed E-state index contributed by atoms with van der Waals surface area (Å²) in [5.41, 5.74) is 5.84. The van der Waals surface area contributed by atoms with Crippen molar-refractivity contribution >= 4 is 38.6 Å². The second-order valence-corrected chi connectivity index (χ2v) is 6.45. The van der Waals surface area contributed by atoms with Crippen molar-refractivity contribution in [2.45, 2.75) is 20.3 Å². The number of halogens is 2. The topological polar surface area (TPSA) is 17.8 Å². The van der Waals surface area contributed by atoms with Gasteiger partial charge in [-0.15, -0.1) is 11.6 Å². The highest BCUT2D eigenvalue weighted by atomic mass is 79.9. The van der Waals surface area contributed by atoms with Crippen LogP contribution in [0.25, 0.3) is 16.7 Å². The number of nitrogens with zero attached hydrogens (tertiary/aromatic N) is 2. The number of aromatic nitrogens is 2. The van der Waals surface area contributed by atoms with E-state index in [0.29, 0.717) is 5.88 Å².